The molecule has 2 heterocycles. The summed E-state index contributed by atoms with van der Waals surface area (Å²) < 4.78 is 5.50. The van der Waals surface area contributed by atoms with Crippen LogP contribution in [0.25, 0.3) is 0 Å². The molecule has 1 aromatic rings. The monoisotopic (exact) mass is 262 g/mol. The van der Waals surface area contributed by atoms with Gasteiger partial charge >= 0.3 is 0 Å². The lowest BCUT2D eigenvalue weighted by Crippen LogP contribution is -2.38. The minimum atomic E-state index is 0.0298. The first-order valence-corrected chi connectivity index (χ1v) is 6.71. The molecule has 5 nitrogen and oxygen atoms in total. The number of amides is 1. The highest BCUT2D eigenvalue weighted by Gasteiger charge is 2.25. The zero-order chi connectivity index (χ0) is 13.2. The minimum Gasteiger partial charge on any atom is -0.508 e. The van der Waals surface area contributed by atoms with E-state index in [1.54, 1.807) is 12.1 Å². The van der Waals surface area contributed by atoms with Crippen molar-refractivity contribution in [3.05, 3.63) is 23.8 Å². The molecule has 1 aromatic carbocycles. The quantitative estimate of drug-likeness (QED) is 0.854. The normalized spacial score (nSPS) is 21.3. The Morgan fingerprint density at radius 2 is 2.21 bits per heavy atom. The number of likely N-dealkylation sites (tertiary alicyclic amines) is 1. The van der Waals surface area contributed by atoms with E-state index in [0.717, 1.165) is 31.5 Å². The number of aromatic hydroxyl groups is 1. The van der Waals surface area contributed by atoms with Crippen molar-refractivity contribution in [2.24, 2.45) is 0 Å². The number of rotatable bonds is 3. The summed E-state index contributed by atoms with van der Waals surface area (Å²) in [6, 6.07) is 5.13. The first-order valence-electron chi connectivity index (χ1n) is 6.71. The van der Waals surface area contributed by atoms with Crippen LogP contribution < -0.4 is 10.1 Å². The largest absolute Gasteiger partial charge is 0.508 e. The van der Waals surface area contributed by atoms with Crippen LogP contribution in [0.3, 0.4) is 0 Å². The number of nitrogens with one attached hydrogen (secondary N) is 1. The molecule has 0 radical (unpaired) electrons. The Kier molecular flexibility index (Phi) is 3.29. The van der Waals surface area contributed by atoms with E-state index in [0.29, 0.717) is 18.9 Å². The Morgan fingerprint density at radius 3 is 3.00 bits per heavy atom. The van der Waals surface area contributed by atoms with Gasteiger partial charge in [-0.2, -0.15) is 0 Å². The van der Waals surface area contributed by atoms with Gasteiger partial charge in [0, 0.05) is 24.7 Å². The van der Waals surface area contributed by atoms with E-state index in [1.807, 2.05) is 11.0 Å². The van der Waals surface area contributed by atoms with Crippen molar-refractivity contribution in [3.8, 4) is 11.5 Å². The van der Waals surface area contributed by atoms with Crippen LogP contribution in [0.2, 0.25) is 0 Å². The molecule has 2 N–H and O–H groups in total. The topological polar surface area (TPSA) is 61.8 Å². The van der Waals surface area contributed by atoms with Gasteiger partial charge in [0.15, 0.2) is 0 Å². The number of phenols is 1. The van der Waals surface area contributed by atoms with E-state index in [-0.39, 0.29) is 17.7 Å². The average Bonchev–Trinajstić information content (AvgIpc) is 3.05. The van der Waals surface area contributed by atoms with Crippen LogP contribution in [0.4, 0.5) is 0 Å². The number of hydrogen-bond donors (Lipinski definition) is 2. The summed E-state index contributed by atoms with van der Waals surface area (Å²) in [4.78, 5) is 13.9. The standard InChI is InChI=1S/C14H18N2O3/c17-10-3-4-11-12(9-19-13(11)7-10)15-8-14(18)16-5-1-2-6-16/h3-4,7,12,15,17H,1-2,5-6,8-9H2. The molecule has 1 atom stereocenters. The Balaban J connectivity index is 1.59. The number of carbonyl (C=O) groups is 1. The number of ether oxygens (including phenoxy) is 1. The molecular weight excluding hydrogens is 244 g/mol. The molecule has 5 heteroatoms. The fourth-order valence-electron chi connectivity index (χ4n) is 2.66. The van der Waals surface area contributed by atoms with Crippen molar-refractivity contribution >= 4 is 5.91 Å². The molecule has 102 valence electrons. The maximum absolute atomic E-state index is 12.0. The van der Waals surface area contributed by atoms with Gasteiger partial charge in [0.1, 0.15) is 18.1 Å². The zero-order valence-electron chi connectivity index (χ0n) is 10.8. The van der Waals surface area contributed by atoms with E-state index in [1.165, 1.54) is 0 Å². The lowest BCUT2D eigenvalue weighted by atomic mass is 10.1. The van der Waals surface area contributed by atoms with Gasteiger partial charge in [-0.05, 0) is 25.0 Å². The van der Waals surface area contributed by atoms with Crippen molar-refractivity contribution in [1.29, 1.82) is 0 Å². The lowest BCUT2D eigenvalue weighted by molar-refractivity contribution is -0.129. The first kappa shape index (κ1) is 12.3. The summed E-state index contributed by atoms with van der Waals surface area (Å²) in [6.07, 6.45) is 2.22. The number of fused-ring (bicyclic) bond motifs is 1. The van der Waals surface area contributed by atoms with Crippen LogP contribution in [0, 0.1) is 0 Å². The maximum Gasteiger partial charge on any atom is 0.236 e. The number of benzene rings is 1. The Morgan fingerprint density at radius 1 is 1.42 bits per heavy atom. The van der Waals surface area contributed by atoms with Gasteiger partial charge in [-0.3, -0.25) is 10.1 Å². The third-order valence-corrected chi connectivity index (χ3v) is 3.74. The third-order valence-electron chi connectivity index (χ3n) is 3.74. The molecule has 0 aliphatic carbocycles. The molecule has 0 bridgehead atoms. The van der Waals surface area contributed by atoms with Crippen LogP contribution in [-0.2, 0) is 4.79 Å². The van der Waals surface area contributed by atoms with Crippen molar-refractivity contribution in [3.63, 3.8) is 0 Å². The van der Waals surface area contributed by atoms with Gasteiger partial charge in [-0.1, -0.05) is 0 Å². The summed E-state index contributed by atoms with van der Waals surface area (Å²) in [5.41, 5.74) is 1.01. The number of nitrogens with zero attached hydrogens (tertiary/aromatic N) is 1. The number of carbonyl (C=O) groups excluding carboxylic acids is 1. The molecule has 2 aliphatic rings. The number of hydrogen-bond acceptors (Lipinski definition) is 4. The van der Waals surface area contributed by atoms with Gasteiger partial charge in [0.2, 0.25) is 5.91 Å². The minimum absolute atomic E-state index is 0.0298. The van der Waals surface area contributed by atoms with E-state index in [4.69, 9.17) is 4.74 Å². The maximum atomic E-state index is 12.0. The van der Waals surface area contributed by atoms with Crippen LogP contribution in [0.1, 0.15) is 24.4 Å². The van der Waals surface area contributed by atoms with Crippen LogP contribution >= 0.6 is 0 Å². The molecule has 2 aliphatic heterocycles. The van der Waals surface area contributed by atoms with E-state index in [2.05, 4.69) is 5.32 Å². The van der Waals surface area contributed by atoms with E-state index >= 15 is 0 Å². The van der Waals surface area contributed by atoms with E-state index < -0.39 is 0 Å². The second kappa shape index (κ2) is 5.09. The van der Waals surface area contributed by atoms with E-state index in [9.17, 15) is 9.90 Å². The summed E-state index contributed by atoms with van der Waals surface area (Å²) in [6.45, 7) is 2.61. The summed E-state index contributed by atoms with van der Waals surface area (Å²) in [5.74, 6) is 1.06. The predicted octanol–water partition coefficient (Wildman–Crippen LogP) is 1.04. The highest BCUT2D eigenvalue weighted by atomic mass is 16.5. The molecule has 19 heavy (non-hydrogen) atoms. The smallest absolute Gasteiger partial charge is 0.236 e. The van der Waals surface area contributed by atoms with Crippen LogP contribution in [-0.4, -0.2) is 42.2 Å². The highest BCUT2D eigenvalue weighted by molar-refractivity contribution is 5.78. The molecular formula is C14H18N2O3. The summed E-state index contributed by atoms with van der Waals surface area (Å²) >= 11 is 0. The summed E-state index contributed by atoms with van der Waals surface area (Å²) in [7, 11) is 0. The third kappa shape index (κ3) is 2.51. The van der Waals surface area contributed by atoms with Gasteiger partial charge in [0.05, 0.1) is 12.6 Å². The molecule has 0 spiro atoms. The predicted molar refractivity (Wildman–Crippen MR) is 70.2 cm³/mol. The molecule has 1 amide bonds. The lowest BCUT2D eigenvalue weighted by Gasteiger charge is -2.17. The van der Waals surface area contributed by atoms with Crippen LogP contribution in [0.15, 0.2) is 18.2 Å². The fourth-order valence-corrected chi connectivity index (χ4v) is 2.66. The number of phenolic OH excluding ortho intramolecular Hbond substituents is 1. The van der Waals surface area contributed by atoms with Crippen molar-refractivity contribution in [1.82, 2.24) is 10.2 Å². The molecule has 0 aromatic heterocycles. The highest BCUT2D eigenvalue weighted by Crippen LogP contribution is 2.34. The Hall–Kier alpha value is -1.75. The SMILES string of the molecule is O=C(CNC1COc2cc(O)ccc21)N1CCCC1. The Labute approximate surface area is 112 Å². The van der Waals surface area contributed by atoms with Crippen molar-refractivity contribution in [2.75, 3.05) is 26.2 Å². The molecule has 3 rings (SSSR count). The van der Waals surface area contributed by atoms with Gasteiger partial charge < -0.3 is 14.7 Å². The van der Waals surface area contributed by atoms with Gasteiger partial charge in [-0.25, -0.2) is 0 Å². The molecule has 1 unspecified atom stereocenters. The van der Waals surface area contributed by atoms with Crippen molar-refractivity contribution in [2.45, 2.75) is 18.9 Å². The van der Waals surface area contributed by atoms with Gasteiger partial charge in [-0.15, -0.1) is 0 Å². The van der Waals surface area contributed by atoms with Crippen molar-refractivity contribution < 1.29 is 14.6 Å². The van der Waals surface area contributed by atoms with Crippen LogP contribution in [0.5, 0.6) is 11.5 Å². The molecule has 1 saturated heterocycles. The zero-order valence-corrected chi connectivity index (χ0v) is 10.8. The molecule has 0 saturated carbocycles. The Bertz CT molecular complexity index is 484. The van der Waals surface area contributed by atoms with Gasteiger partial charge in [0.25, 0.3) is 0 Å². The molecule has 1 fully saturated rings. The fraction of sp³-hybridized carbons (Fsp3) is 0.500. The summed E-state index contributed by atoms with van der Waals surface area (Å²) in [5, 5.41) is 12.6. The first-order chi connectivity index (χ1) is 9.24. The second-order valence-corrected chi connectivity index (χ2v) is 5.05. The average molecular weight is 262 g/mol. The second-order valence-electron chi connectivity index (χ2n) is 5.05.